The van der Waals surface area contributed by atoms with Gasteiger partial charge < -0.3 is 9.84 Å². The standard InChI is InChI=1S/C19H18BrN3O2/c1-11-7-13(3)16(8-12(11)2)19(24)21-10-17-22-18(23-25-17)14-5-4-6-15(20)9-14/h4-9H,10H2,1-3H3,(H,21,24). The SMILES string of the molecule is Cc1cc(C)c(C(=O)NCc2nc(-c3cccc(Br)c3)no2)cc1C. The average Bonchev–Trinajstić information content (AvgIpc) is 3.05. The molecular formula is C19H18BrN3O2. The number of nitrogens with zero attached hydrogens (tertiary/aromatic N) is 2. The van der Waals surface area contributed by atoms with Crippen molar-refractivity contribution < 1.29 is 9.32 Å². The first-order valence-corrected chi connectivity index (χ1v) is 8.68. The number of benzene rings is 2. The predicted octanol–water partition coefficient (Wildman–Crippen LogP) is 4.35. The fraction of sp³-hybridized carbons (Fsp3) is 0.211. The van der Waals surface area contributed by atoms with E-state index >= 15 is 0 Å². The highest BCUT2D eigenvalue weighted by Gasteiger charge is 2.13. The van der Waals surface area contributed by atoms with Gasteiger partial charge in [-0.3, -0.25) is 4.79 Å². The highest BCUT2D eigenvalue weighted by Crippen LogP contribution is 2.20. The van der Waals surface area contributed by atoms with Crippen molar-refractivity contribution in [2.45, 2.75) is 27.3 Å². The molecule has 0 saturated heterocycles. The van der Waals surface area contributed by atoms with E-state index in [1.165, 1.54) is 5.56 Å². The van der Waals surface area contributed by atoms with Crippen LogP contribution in [0.3, 0.4) is 0 Å². The second kappa shape index (κ2) is 7.19. The van der Waals surface area contributed by atoms with Crippen molar-refractivity contribution in [3.8, 4) is 11.4 Å². The van der Waals surface area contributed by atoms with Crippen LogP contribution in [0.25, 0.3) is 11.4 Å². The Balaban J connectivity index is 1.70. The Morgan fingerprint density at radius 3 is 2.64 bits per heavy atom. The van der Waals surface area contributed by atoms with Gasteiger partial charge in [0.25, 0.3) is 5.91 Å². The van der Waals surface area contributed by atoms with E-state index in [4.69, 9.17) is 4.52 Å². The van der Waals surface area contributed by atoms with Crippen LogP contribution in [-0.2, 0) is 6.54 Å². The summed E-state index contributed by atoms with van der Waals surface area (Å²) in [7, 11) is 0. The van der Waals surface area contributed by atoms with Crippen LogP contribution in [-0.4, -0.2) is 16.0 Å². The Hall–Kier alpha value is -2.47. The molecule has 0 radical (unpaired) electrons. The number of carbonyl (C=O) groups is 1. The van der Waals surface area contributed by atoms with Gasteiger partial charge in [0.1, 0.15) is 0 Å². The van der Waals surface area contributed by atoms with Gasteiger partial charge in [-0.25, -0.2) is 0 Å². The molecule has 0 atom stereocenters. The van der Waals surface area contributed by atoms with Crippen molar-refractivity contribution in [2.75, 3.05) is 0 Å². The summed E-state index contributed by atoms with van der Waals surface area (Å²) in [6.07, 6.45) is 0. The number of aromatic nitrogens is 2. The number of aryl methyl sites for hydroxylation is 3. The molecule has 2 aromatic carbocycles. The lowest BCUT2D eigenvalue weighted by Gasteiger charge is -2.09. The third-order valence-electron chi connectivity index (χ3n) is 4.04. The molecule has 5 nitrogen and oxygen atoms in total. The molecule has 1 aromatic heterocycles. The number of carbonyl (C=O) groups excluding carboxylic acids is 1. The van der Waals surface area contributed by atoms with Crippen molar-refractivity contribution in [1.82, 2.24) is 15.5 Å². The molecule has 0 aliphatic carbocycles. The van der Waals surface area contributed by atoms with Crippen LogP contribution in [0.15, 0.2) is 45.4 Å². The quantitative estimate of drug-likeness (QED) is 0.707. The molecule has 0 saturated carbocycles. The lowest BCUT2D eigenvalue weighted by Crippen LogP contribution is -2.24. The van der Waals surface area contributed by atoms with Crippen molar-refractivity contribution in [3.05, 3.63) is 69.0 Å². The van der Waals surface area contributed by atoms with Crippen LogP contribution in [0.5, 0.6) is 0 Å². The first-order chi connectivity index (χ1) is 11.9. The van der Waals surface area contributed by atoms with Crippen molar-refractivity contribution in [3.63, 3.8) is 0 Å². The van der Waals surface area contributed by atoms with Crippen LogP contribution >= 0.6 is 15.9 Å². The number of nitrogens with one attached hydrogen (secondary N) is 1. The lowest BCUT2D eigenvalue weighted by molar-refractivity contribution is 0.0945. The molecule has 6 heteroatoms. The Kier molecular flexibility index (Phi) is 4.99. The number of rotatable bonds is 4. The van der Waals surface area contributed by atoms with E-state index < -0.39 is 0 Å². The minimum absolute atomic E-state index is 0.150. The molecule has 25 heavy (non-hydrogen) atoms. The lowest BCUT2D eigenvalue weighted by atomic mass is 10.0. The first kappa shape index (κ1) is 17.4. The fourth-order valence-corrected chi connectivity index (χ4v) is 2.93. The highest BCUT2D eigenvalue weighted by atomic mass is 79.9. The molecule has 1 heterocycles. The van der Waals surface area contributed by atoms with Crippen LogP contribution in [0.4, 0.5) is 0 Å². The minimum atomic E-state index is -0.150. The number of hydrogen-bond donors (Lipinski definition) is 1. The van der Waals surface area contributed by atoms with Gasteiger partial charge in [0.05, 0.1) is 6.54 Å². The number of hydrogen-bond acceptors (Lipinski definition) is 4. The Morgan fingerprint density at radius 1 is 1.12 bits per heavy atom. The molecule has 1 amide bonds. The molecule has 3 aromatic rings. The second-order valence-corrected chi connectivity index (χ2v) is 6.87. The molecule has 0 aliphatic rings. The zero-order valence-electron chi connectivity index (χ0n) is 14.3. The molecule has 0 aliphatic heterocycles. The summed E-state index contributed by atoms with van der Waals surface area (Å²) >= 11 is 3.42. The topological polar surface area (TPSA) is 68.0 Å². The van der Waals surface area contributed by atoms with Crippen LogP contribution in [0, 0.1) is 20.8 Å². The molecule has 0 spiro atoms. The summed E-state index contributed by atoms with van der Waals surface area (Å²) in [5, 5.41) is 6.80. The number of halogens is 1. The Labute approximate surface area is 154 Å². The fourth-order valence-electron chi connectivity index (χ4n) is 2.53. The molecule has 0 fully saturated rings. The monoisotopic (exact) mass is 399 g/mol. The van der Waals surface area contributed by atoms with E-state index in [0.717, 1.165) is 21.2 Å². The van der Waals surface area contributed by atoms with E-state index in [2.05, 4.69) is 31.4 Å². The van der Waals surface area contributed by atoms with Gasteiger partial charge in [0, 0.05) is 15.6 Å². The van der Waals surface area contributed by atoms with E-state index in [9.17, 15) is 4.79 Å². The number of amides is 1. The smallest absolute Gasteiger partial charge is 0.251 e. The summed E-state index contributed by atoms with van der Waals surface area (Å²) in [4.78, 5) is 16.7. The van der Waals surface area contributed by atoms with Gasteiger partial charge >= 0.3 is 0 Å². The van der Waals surface area contributed by atoms with Gasteiger partial charge in [0.2, 0.25) is 11.7 Å². The van der Waals surface area contributed by atoms with Crippen LogP contribution in [0.2, 0.25) is 0 Å². The summed E-state index contributed by atoms with van der Waals surface area (Å²) in [6, 6.07) is 11.6. The van der Waals surface area contributed by atoms with Gasteiger partial charge in [-0.1, -0.05) is 39.3 Å². The molecule has 128 valence electrons. The van der Waals surface area contributed by atoms with E-state index in [1.807, 2.05) is 57.2 Å². The molecular weight excluding hydrogens is 382 g/mol. The third kappa shape index (κ3) is 3.96. The predicted molar refractivity (Wildman–Crippen MR) is 99.3 cm³/mol. The zero-order valence-corrected chi connectivity index (χ0v) is 15.8. The van der Waals surface area contributed by atoms with E-state index in [-0.39, 0.29) is 12.5 Å². The second-order valence-electron chi connectivity index (χ2n) is 5.96. The summed E-state index contributed by atoms with van der Waals surface area (Å²) in [6.45, 7) is 6.14. The van der Waals surface area contributed by atoms with Crippen LogP contribution < -0.4 is 5.32 Å². The maximum Gasteiger partial charge on any atom is 0.251 e. The van der Waals surface area contributed by atoms with E-state index in [0.29, 0.717) is 17.3 Å². The molecule has 0 bridgehead atoms. The molecule has 0 unspecified atom stereocenters. The molecule has 3 rings (SSSR count). The maximum atomic E-state index is 12.4. The van der Waals surface area contributed by atoms with Crippen molar-refractivity contribution in [2.24, 2.45) is 0 Å². The van der Waals surface area contributed by atoms with Crippen molar-refractivity contribution in [1.29, 1.82) is 0 Å². The van der Waals surface area contributed by atoms with Crippen molar-refractivity contribution >= 4 is 21.8 Å². The zero-order chi connectivity index (χ0) is 18.0. The normalized spacial score (nSPS) is 10.7. The Morgan fingerprint density at radius 2 is 1.88 bits per heavy atom. The summed E-state index contributed by atoms with van der Waals surface area (Å²) in [5.41, 5.74) is 4.71. The first-order valence-electron chi connectivity index (χ1n) is 7.88. The average molecular weight is 400 g/mol. The van der Waals surface area contributed by atoms with Gasteiger partial charge in [0.15, 0.2) is 0 Å². The van der Waals surface area contributed by atoms with Gasteiger partial charge in [-0.05, 0) is 55.7 Å². The highest BCUT2D eigenvalue weighted by molar-refractivity contribution is 9.10. The van der Waals surface area contributed by atoms with E-state index in [1.54, 1.807) is 0 Å². The van der Waals surface area contributed by atoms with Gasteiger partial charge in [-0.2, -0.15) is 4.98 Å². The summed E-state index contributed by atoms with van der Waals surface area (Å²) in [5.74, 6) is 0.709. The largest absolute Gasteiger partial charge is 0.343 e. The molecule has 1 N–H and O–H groups in total. The van der Waals surface area contributed by atoms with Crippen LogP contribution in [0.1, 0.15) is 32.9 Å². The maximum absolute atomic E-state index is 12.4. The van der Waals surface area contributed by atoms with Gasteiger partial charge in [-0.15, -0.1) is 0 Å². The third-order valence-corrected chi connectivity index (χ3v) is 4.53. The Bertz CT molecular complexity index is 934. The minimum Gasteiger partial charge on any atom is -0.343 e. The summed E-state index contributed by atoms with van der Waals surface area (Å²) < 4.78 is 6.17.